The van der Waals surface area contributed by atoms with Gasteiger partial charge in [0, 0.05) is 7.11 Å². The molecular weight excluding hydrogens is 228 g/mol. The maximum absolute atomic E-state index is 5.79. The lowest BCUT2D eigenvalue weighted by molar-refractivity contribution is -0.247. The number of fused-ring (bicyclic) bond motifs is 1. The van der Waals surface area contributed by atoms with Gasteiger partial charge in [0.2, 0.25) is 0 Å². The normalized spacial score (nSPS) is 45.4. The average Bonchev–Trinajstić information content (AvgIpc) is 2.89. The monoisotopic (exact) mass is 246 g/mol. The van der Waals surface area contributed by atoms with Gasteiger partial charge in [-0.05, 0) is 13.8 Å². The Morgan fingerprint density at radius 2 is 1.71 bits per heavy atom. The molecule has 3 heterocycles. The van der Waals surface area contributed by atoms with Gasteiger partial charge in [-0.15, -0.1) is 0 Å². The van der Waals surface area contributed by atoms with Crippen LogP contribution in [0.3, 0.4) is 0 Å². The van der Waals surface area contributed by atoms with E-state index in [1.165, 1.54) is 0 Å². The van der Waals surface area contributed by atoms with Gasteiger partial charge in [0.1, 0.15) is 18.3 Å². The van der Waals surface area contributed by atoms with E-state index in [1.54, 1.807) is 7.11 Å². The van der Waals surface area contributed by atoms with E-state index in [0.717, 1.165) is 0 Å². The van der Waals surface area contributed by atoms with Crippen molar-refractivity contribution >= 4 is 0 Å². The molecule has 0 radical (unpaired) electrons. The highest BCUT2D eigenvalue weighted by Crippen LogP contribution is 2.40. The van der Waals surface area contributed by atoms with Crippen LogP contribution in [-0.4, -0.2) is 57.0 Å². The zero-order valence-corrected chi connectivity index (χ0v) is 10.3. The van der Waals surface area contributed by atoms with Crippen molar-refractivity contribution in [1.29, 1.82) is 0 Å². The third kappa shape index (κ3) is 1.99. The number of hydrogen-bond acceptors (Lipinski definition) is 6. The van der Waals surface area contributed by atoms with Gasteiger partial charge < -0.3 is 28.4 Å². The van der Waals surface area contributed by atoms with Gasteiger partial charge in [-0.25, -0.2) is 0 Å². The molecule has 6 nitrogen and oxygen atoms in total. The van der Waals surface area contributed by atoms with E-state index in [9.17, 15) is 0 Å². The van der Waals surface area contributed by atoms with Gasteiger partial charge in [0.05, 0.1) is 13.2 Å². The predicted molar refractivity (Wildman–Crippen MR) is 55.2 cm³/mol. The van der Waals surface area contributed by atoms with E-state index in [-0.39, 0.29) is 24.6 Å². The van der Waals surface area contributed by atoms with E-state index in [1.807, 2.05) is 13.8 Å². The lowest BCUT2D eigenvalue weighted by atomic mass is 10.1. The van der Waals surface area contributed by atoms with Gasteiger partial charge in [-0.1, -0.05) is 0 Å². The summed E-state index contributed by atoms with van der Waals surface area (Å²) in [4.78, 5) is 0. The average molecular weight is 246 g/mol. The van der Waals surface area contributed by atoms with Crippen LogP contribution in [0.25, 0.3) is 0 Å². The molecule has 6 heteroatoms. The fourth-order valence-electron chi connectivity index (χ4n) is 2.56. The summed E-state index contributed by atoms with van der Waals surface area (Å²) in [7, 11) is 1.63. The summed E-state index contributed by atoms with van der Waals surface area (Å²) in [5.41, 5.74) is 0. The van der Waals surface area contributed by atoms with Crippen molar-refractivity contribution in [2.24, 2.45) is 0 Å². The number of ether oxygens (including phenoxy) is 6. The van der Waals surface area contributed by atoms with Gasteiger partial charge >= 0.3 is 0 Å². The van der Waals surface area contributed by atoms with Crippen LogP contribution in [0.2, 0.25) is 0 Å². The van der Waals surface area contributed by atoms with Crippen LogP contribution in [0, 0.1) is 0 Å². The van der Waals surface area contributed by atoms with Crippen LogP contribution in [0.5, 0.6) is 0 Å². The Hall–Kier alpha value is -0.240. The van der Waals surface area contributed by atoms with Crippen LogP contribution in [-0.2, 0) is 28.4 Å². The predicted octanol–water partition coefficient (Wildman–Crippen LogP) is 0.251. The van der Waals surface area contributed by atoms with E-state index in [0.29, 0.717) is 13.2 Å². The van der Waals surface area contributed by atoms with Gasteiger partial charge in [-0.3, -0.25) is 0 Å². The molecule has 0 aromatic rings. The Morgan fingerprint density at radius 3 is 2.35 bits per heavy atom. The van der Waals surface area contributed by atoms with Gasteiger partial charge in [0.15, 0.2) is 18.4 Å². The Morgan fingerprint density at radius 1 is 1.00 bits per heavy atom. The molecule has 0 bridgehead atoms. The van der Waals surface area contributed by atoms with Crippen molar-refractivity contribution in [3.63, 3.8) is 0 Å². The molecule has 0 saturated carbocycles. The molecule has 3 aliphatic heterocycles. The molecule has 3 aliphatic rings. The first-order valence-corrected chi connectivity index (χ1v) is 5.88. The summed E-state index contributed by atoms with van der Waals surface area (Å²) in [5, 5.41) is 0. The quantitative estimate of drug-likeness (QED) is 0.696. The zero-order chi connectivity index (χ0) is 12.0. The molecule has 17 heavy (non-hydrogen) atoms. The summed E-state index contributed by atoms with van der Waals surface area (Å²) in [5.74, 6) is -0.630. The van der Waals surface area contributed by atoms with Gasteiger partial charge in [0.25, 0.3) is 0 Å². The maximum atomic E-state index is 5.79. The molecule has 0 aromatic heterocycles. The highest BCUT2D eigenvalue weighted by atomic mass is 16.9. The largest absolute Gasteiger partial charge is 0.376 e. The molecule has 0 spiro atoms. The first-order valence-electron chi connectivity index (χ1n) is 5.88. The SMILES string of the molecule is CO[C@@H]1[C@H]2OC(C)(C)O[C@H]2O[C@@H]1C1OCCO1. The summed E-state index contributed by atoms with van der Waals surface area (Å²) >= 11 is 0. The highest BCUT2D eigenvalue weighted by molar-refractivity contribution is 4.95. The third-order valence-electron chi connectivity index (χ3n) is 3.21. The number of rotatable bonds is 2. The van der Waals surface area contributed by atoms with Crippen LogP contribution < -0.4 is 0 Å². The molecule has 0 aliphatic carbocycles. The van der Waals surface area contributed by atoms with Crippen molar-refractivity contribution in [2.45, 2.75) is 50.5 Å². The Balaban J connectivity index is 1.73. The smallest absolute Gasteiger partial charge is 0.190 e. The van der Waals surface area contributed by atoms with Crippen molar-refractivity contribution in [3.8, 4) is 0 Å². The molecule has 3 rings (SSSR count). The molecule has 0 unspecified atom stereocenters. The van der Waals surface area contributed by atoms with Crippen molar-refractivity contribution < 1.29 is 28.4 Å². The van der Waals surface area contributed by atoms with E-state index >= 15 is 0 Å². The highest BCUT2D eigenvalue weighted by Gasteiger charge is 2.57. The Bertz CT molecular complexity index is 288. The van der Waals surface area contributed by atoms with Crippen molar-refractivity contribution in [3.05, 3.63) is 0 Å². The minimum atomic E-state index is -0.630. The van der Waals surface area contributed by atoms with E-state index < -0.39 is 12.1 Å². The molecular formula is C11H18O6. The van der Waals surface area contributed by atoms with Crippen LogP contribution in [0.4, 0.5) is 0 Å². The zero-order valence-electron chi connectivity index (χ0n) is 10.3. The van der Waals surface area contributed by atoms with Crippen LogP contribution in [0.15, 0.2) is 0 Å². The number of hydrogen-bond donors (Lipinski definition) is 0. The lowest BCUT2D eigenvalue weighted by Gasteiger charge is -2.27. The molecule has 4 atom stereocenters. The molecule has 0 amide bonds. The standard InChI is InChI=1S/C11H18O6/c1-11(2)16-8-6(12-3)7(15-10(8)17-11)9-13-4-5-14-9/h6-10H,4-5H2,1-3H3/t6-,7-,8+,10+/m0/s1. The van der Waals surface area contributed by atoms with E-state index in [2.05, 4.69) is 0 Å². The summed E-state index contributed by atoms with van der Waals surface area (Å²) in [6, 6.07) is 0. The van der Waals surface area contributed by atoms with Crippen LogP contribution in [0.1, 0.15) is 13.8 Å². The summed E-state index contributed by atoms with van der Waals surface area (Å²) in [6.45, 7) is 4.89. The fraction of sp³-hybridized carbons (Fsp3) is 1.00. The van der Waals surface area contributed by atoms with E-state index in [4.69, 9.17) is 28.4 Å². The minimum absolute atomic E-state index is 0.229. The molecule has 0 N–H and O–H groups in total. The van der Waals surface area contributed by atoms with Crippen molar-refractivity contribution in [2.75, 3.05) is 20.3 Å². The lowest BCUT2D eigenvalue weighted by Crippen LogP contribution is -2.42. The fourth-order valence-corrected chi connectivity index (χ4v) is 2.56. The Labute approximate surface area is 100 Å². The molecule has 0 aromatic carbocycles. The first-order chi connectivity index (χ1) is 8.11. The maximum Gasteiger partial charge on any atom is 0.190 e. The first kappa shape index (κ1) is 11.8. The third-order valence-corrected chi connectivity index (χ3v) is 3.21. The second-order valence-corrected chi connectivity index (χ2v) is 4.88. The minimum Gasteiger partial charge on any atom is -0.376 e. The van der Waals surface area contributed by atoms with Gasteiger partial charge in [-0.2, -0.15) is 0 Å². The summed E-state index contributed by atoms with van der Waals surface area (Å²) in [6.07, 6.45) is -1.56. The topological polar surface area (TPSA) is 55.4 Å². The molecule has 3 saturated heterocycles. The van der Waals surface area contributed by atoms with Crippen LogP contribution >= 0.6 is 0 Å². The Kier molecular flexibility index (Phi) is 2.89. The second-order valence-electron chi connectivity index (χ2n) is 4.88. The van der Waals surface area contributed by atoms with Crippen molar-refractivity contribution in [1.82, 2.24) is 0 Å². The molecule has 3 fully saturated rings. The second kappa shape index (κ2) is 4.15. The number of methoxy groups -OCH3 is 1. The molecule has 98 valence electrons. The summed E-state index contributed by atoms with van der Waals surface area (Å²) < 4.78 is 33.6.